The molecule has 2 heterocycles. The summed E-state index contributed by atoms with van der Waals surface area (Å²) >= 11 is 0. The van der Waals surface area contributed by atoms with E-state index in [0.29, 0.717) is 25.5 Å². The van der Waals surface area contributed by atoms with E-state index in [2.05, 4.69) is 20.8 Å². The second-order valence-electron chi connectivity index (χ2n) is 4.32. The van der Waals surface area contributed by atoms with E-state index >= 15 is 0 Å². The van der Waals surface area contributed by atoms with E-state index < -0.39 is 0 Å². The summed E-state index contributed by atoms with van der Waals surface area (Å²) in [5, 5.41) is 9.66. The van der Waals surface area contributed by atoms with Crippen LogP contribution >= 0.6 is 24.8 Å². The maximum Gasteiger partial charge on any atom is 0.273 e. The lowest BCUT2D eigenvalue weighted by Crippen LogP contribution is -2.33. The Labute approximate surface area is 147 Å². The van der Waals surface area contributed by atoms with Gasteiger partial charge in [-0.1, -0.05) is 5.16 Å². The zero-order valence-electron chi connectivity index (χ0n) is 12.7. The third-order valence-electron chi connectivity index (χ3n) is 2.76. The van der Waals surface area contributed by atoms with E-state index in [1.165, 1.54) is 0 Å². The van der Waals surface area contributed by atoms with Crippen molar-refractivity contribution in [3.8, 4) is 11.3 Å². The van der Waals surface area contributed by atoms with Crippen molar-refractivity contribution in [1.82, 2.24) is 20.8 Å². The number of nitrogens with one attached hydrogen (secondary N) is 2. The summed E-state index contributed by atoms with van der Waals surface area (Å²) in [5.41, 5.74) is 1.04. The number of methoxy groups -OCH3 is 1. The van der Waals surface area contributed by atoms with Crippen molar-refractivity contribution in [2.75, 3.05) is 33.4 Å². The van der Waals surface area contributed by atoms with Gasteiger partial charge in [0.25, 0.3) is 5.91 Å². The van der Waals surface area contributed by atoms with Crippen molar-refractivity contribution >= 4 is 30.7 Å². The number of halogens is 2. The fraction of sp³-hybridized carbons (Fsp3) is 0.357. The third kappa shape index (κ3) is 6.96. The second kappa shape index (κ2) is 11.8. The fourth-order valence-corrected chi connectivity index (χ4v) is 1.68. The van der Waals surface area contributed by atoms with E-state index in [9.17, 15) is 4.79 Å². The summed E-state index contributed by atoms with van der Waals surface area (Å²) in [6.07, 6.45) is 3.33. The lowest BCUT2D eigenvalue weighted by molar-refractivity contribution is 0.0944. The first kappa shape index (κ1) is 21.3. The van der Waals surface area contributed by atoms with E-state index in [1.54, 1.807) is 31.6 Å². The fourth-order valence-electron chi connectivity index (χ4n) is 1.68. The highest BCUT2D eigenvalue weighted by Crippen LogP contribution is 2.18. The molecule has 0 aliphatic carbocycles. The predicted molar refractivity (Wildman–Crippen MR) is 91.3 cm³/mol. The minimum atomic E-state index is -0.262. The van der Waals surface area contributed by atoms with Gasteiger partial charge in [0.15, 0.2) is 11.5 Å². The molecule has 0 unspecified atom stereocenters. The Hall–Kier alpha value is -1.67. The highest BCUT2D eigenvalue weighted by Gasteiger charge is 2.13. The monoisotopic (exact) mass is 362 g/mol. The molecule has 0 saturated carbocycles. The number of aromatic nitrogens is 2. The molecule has 2 N–H and O–H groups in total. The number of nitrogens with zero attached hydrogens (tertiary/aromatic N) is 2. The van der Waals surface area contributed by atoms with Crippen LogP contribution in [0.15, 0.2) is 35.1 Å². The molecule has 128 valence electrons. The maximum absolute atomic E-state index is 11.9. The van der Waals surface area contributed by atoms with Crippen LogP contribution in [-0.4, -0.2) is 49.4 Å². The zero-order chi connectivity index (χ0) is 14.9. The van der Waals surface area contributed by atoms with Crippen molar-refractivity contribution in [1.29, 1.82) is 0 Å². The third-order valence-corrected chi connectivity index (χ3v) is 2.76. The van der Waals surface area contributed by atoms with Crippen LogP contribution in [0.3, 0.4) is 0 Å². The number of pyridine rings is 1. The number of ether oxygens (including phenoxy) is 1. The molecule has 2 aromatic heterocycles. The van der Waals surface area contributed by atoms with Crippen LogP contribution in [0.1, 0.15) is 10.5 Å². The Kier molecular flexibility index (Phi) is 11.0. The summed E-state index contributed by atoms with van der Waals surface area (Å²) in [6, 6.07) is 5.24. The standard InChI is InChI=1S/C14H18N4O3.2ClH/c1-20-8-7-15-5-6-17-14(19)12-9-13(21-18-12)11-3-2-4-16-10-11;;/h2-4,9-10,15H,5-8H2,1H3,(H,17,19);2*1H. The molecule has 9 heteroatoms. The zero-order valence-corrected chi connectivity index (χ0v) is 14.3. The Morgan fingerprint density at radius 2 is 2.13 bits per heavy atom. The van der Waals surface area contributed by atoms with E-state index in [4.69, 9.17) is 9.26 Å². The predicted octanol–water partition coefficient (Wildman–Crippen LogP) is 1.55. The molecule has 0 spiro atoms. The van der Waals surface area contributed by atoms with E-state index in [0.717, 1.165) is 12.1 Å². The summed E-state index contributed by atoms with van der Waals surface area (Å²) in [6.45, 7) is 2.58. The van der Waals surface area contributed by atoms with E-state index in [1.807, 2.05) is 6.07 Å². The average molecular weight is 363 g/mol. The van der Waals surface area contributed by atoms with Crippen LogP contribution in [0.2, 0.25) is 0 Å². The molecule has 2 rings (SSSR count). The summed E-state index contributed by atoms with van der Waals surface area (Å²) in [7, 11) is 1.65. The van der Waals surface area contributed by atoms with Crippen LogP contribution in [0.25, 0.3) is 11.3 Å². The molecule has 0 aliphatic heterocycles. The van der Waals surface area contributed by atoms with E-state index in [-0.39, 0.29) is 36.4 Å². The molecule has 7 nitrogen and oxygen atoms in total. The van der Waals surface area contributed by atoms with Gasteiger partial charge in [0.1, 0.15) is 0 Å². The molecule has 0 radical (unpaired) electrons. The number of carbonyl (C=O) groups excluding carboxylic acids is 1. The van der Waals surface area contributed by atoms with Gasteiger partial charge in [-0.05, 0) is 12.1 Å². The van der Waals surface area contributed by atoms with Gasteiger partial charge in [0, 0.05) is 50.8 Å². The molecule has 23 heavy (non-hydrogen) atoms. The number of carbonyl (C=O) groups is 1. The summed E-state index contributed by atoms with van der Waals surface area (Å²) < 4.78 is 10.1. The van der Waals surface area contributed by atoms with Crippen LogP contribution in [0.4, 0.5) is 0 Å². The van der Waals surface area contributed by atoms with Crippen molar-refractivity contribution in [3.05, 3.63) is 36.3 Å². The van der Waals surface area contributed by atoms with Crippen LogP contribution < -0.4 is 10.6 Å². The Morgan fingerprint density at radius 3 is 2.83 bits per heavy atom. The molecule has 0 aliphatic rings. The molecule has 0 saturated heterocycles. The molecule has 0 atom stereocenters. The van der Waals surface area contributed by atoms with Crippen molar-refractivity contribution < 1.29 is 14.1 Å². The van der Waals surface area contributed by atoms with Gasteiger partial charge in [-0.25, -0.2) is 0 Å². The van der Waals surface area contributed by atoms with Crippen LogP contribution in [-0.2, 0) is 4.74 Å². The van der Waals surface area contributed by atoms with Gasteiger partial charge in [-0.15, -0.1) is 24.8 Å². The van der Waals surface area contributed by atoms with Gasteiger partial charge in [0.05, 0.1) is 6.61 Å². The molecular formula is C14H20Cl2N4O3. The molecule has 0 bridgehead atoms. The van der Waals surface area contributed by atoms with Crippen molar-refractivity contribution in [3.63, 3.8) is 0 Å². The van der Waals surface area contributed by atoms with Gasteiger partial charge in [-0.3, -0.25) is 9.78 Å². The van der Waals surface area contributed by atoms with Crippen molar-refractivity contribution in [2.45, 2.75) is 0 Å². The highest BCUT2D eigenvalue weighted by molar-refractivity contribution is 5.93. The highest BCUT2D eigenvalue weighted by atomic mass is 35.5. The molecule has 0 fully saturated rings. The molecular weight excluding hydrogens is 343 g/mol. The topological polar surface area (TPSA) is 89.3 Å². The molecule has 2 aromatic rings. The average Bonchev–Trinajstić information content (AvgIpc) is 3.01. The number of hydrogen-bond acceptors (Lipinski definition) is 6. The Bertz CT molecular complexity index is 566. The quantitative estimate of drug-likeness (QED) is 0.692. The first-order valence-electron chi connectivity index (χ1n) is 6.66. The minimum absolute atomic E-state index is 0. The number of amides is 1. The second-order valence-corrected chi connectivity index (χ2v) is 4.32. The summed E-state index contributed by atoms with van der Waals surface area (Å²) in [4.78, 5) is 15.9. The van der Waals surface area contributed by atoms with Gasteiger partial charge >= 0.3 is 0 Å². The Morgan fingerprint density at radius 1 is 1.30 bits per heavy atom. The number of hydrogen-bond donors (Lipinski definition) is 2. The van der Waals surface area contributed by atoms with Crippen LogP contribution in [0, 0.1) is 0 Å². The molecule has 0 aromatic carbocycles. The molecule has 1 amide bonds. The maximum atomic E-state index is 11.9. The first-order valence-corrected chi connectivity index (χ1v) is 6.66. The smallest absolute Gasteiger partial charge is 0.273 e. The summed E-state index contributed by atoms with van der Waals surface area (Å²) in [5.74, 6) is 0.258. The van der Waals surface area contributed by atoms with Crippen LogP contribution in [0.5, 0.6) is 0 Å². The SMILES string of the molecule is COCCNCCNC(=O)c1cc(-c2cccnc2)on1.Cl.Cl. The largest absolute Gasteiger partial charge is 0.383 e. The minimum Gasteiger partial charge on any atom is -0.383 e. The first-order chi connectivity index (χ1) is 10.3. The Balaban J connectivity index is 0.00000242. The van der Waals surface area contributed by atoms with Gasteiger partial charge in [0.2, 0.25) is 0 Å². The lowest BCUT2D eigenvalue weighted by atomic mass is 10.2. The van der Waals surface area contributed by atoms with Crippen molar-refractivity contribution in [2.24, 2.45) is 0 Å². The van der Waals surface area contributed by atoms with Gasteiger partial charge < -0.3 is 19.9 Å². The lowest BCUT2D eigenvalue weighted by Gasteiger charge is -2.04. The normalized spacial score (nSPS) is 9.61. The number of rotatable bonds is 8. The van der Waals surface area contributed by atoms with Gasteiger partial charge in [-0.2, -0.15) is 0 Å².